The minimum absolute atomic E-state index is 0. The molecule has 0 bridgehead atoms. The number of aromatic nitrogens is 1. The maximum Gasteiger partial charge on any atom is 0.308 e. The van der Waals surface area contributed by atoms with Gasteiger partial charge in [0.05, 0.1) is 30.5 Å². The van der Waals surface area contributed by atoms with Crippen molar-refractivity contribution in [3.05, 3.63) is 64.5 Å². The van der Waals surface area contributed by atoms with E-state index >= 15 is 0 Å². The minimum atomic E-state index is -0.627. The molecule has 4 N–H and O–H groups in total. The Bertz CT molecular complexity index is 1090. The number of carbonyl (C=O) groups excluding carboxylic acids is 3. The first kappa shape index (κ1) is 32.2. The van der Waals surface area contributed by atoms with Crippen molar-refractivity contribution in [2.24, 2.45) is 0 Å². The second-order valence-electron chi connectivity index (χ2n) is 7.80. The molecule has 0 aliphatic heterocycles. The van der Waals surface area contributed by atoms with E-state index in [0.717, 1.165) is 0 Å². The lowest BCUT2D eigenvalue weighted by molar-refractivity contribution is -0.383. The molecule has 0 spiro atoms. The normalized spacial score (nSPS) is 10.8. The lowest BCUT2D eigenvalue weighted by atomic mass is 10.1. The predicted octanol–water partition coefficient (Wildman–Crippen LogP) is 2.49. The molecule has 0 saturated carbocycles. The highest BCUT2D eigenvalue weighted by molar-refractivity contribution is 7.80. The molecule has 12 nitrogen and oxygen atoms in total. The van der Waals surface area contributed by atoms with Gasteiger partial charge < -0.3 is 26.0 Å². The third-order valence-electron chi connectivity index (χ3n) is 5.01. The number of nitro benzene ring substituents is 1. The van der Waals surface area contributed by atoms with Crippen LogP contribution in [-0.4, -0.2) is 52.5 Å². The van der Waals surface area contributed by atoms with Gasteiger partial charge in [0.15, 0.2) is 5.11 Å². The highest BCUT2D eigenvalue weighted by Crippen LogP contribution is 2.22. The highest BCUT2D eigenvalue weighted by atomic mass is 32.1. The maximum absolute atomic E-state index is 12.4. The van der Waals surface area contributed by atoms with Gasteiger partial charge in [0.2, 0.25) is 11.8 Å². The molecule has 0 aliphatic rings. The maximum atomic E-state index is 12.4. The van der Waals surface area contributed by atoms with Gasteiger partial charge in [-0.2, -0.15) is 13.5 Å². The van der Waals surface area contributed by atoms with Crippen LogP contribution in [-0.2, 0) is 19.1 Å². The molecule has 0 fully saturated rings. The van der Waals surface area contributed by atoms with E-state index in [0.29, 0.717) is 24.9 Å². The molecule has 0 radical (unpaired) electrons. The summed E-state index contributed by atoms with van der Waals surface area (Å²) >= 11 is 5.16. The number of rotatable bonds is 14. The zero-order valence-electron chi connectivity index (χ0n) is 20.9. The second kappa shape index (κ2) is 17.6. The van der Waals surface area contributed by atoms with Gasteiger partial charge in [-0.15, -0.1) is 0 Å². The summed E-state index contributed by atoms with van der Waals surface area (Å²) in [5.74, 6) is -1.19. The topological polar surface area (TPSA) is 165 Å². The van der Waals surface area contributed by atoms with Crippen molar-refractivity contribution in [1.29, 1.82) is 0 Å². The molecular weight excluding hydrogens is 532 g/mol. The summed E-state index contributed by atoms with van der Waals surface area (Å²) in [6, 6.07) is 8.98. The van der Waals surface area contributed by atoms with E-state index in [4.69, 9.17) is 17.0 Å². The van der Waals surface area contributed by atoms with Gasteiger partial charge in [0, 0.05) is 31.4 Å². The number of anilines is 1. The van der Waals surface area contributed by atoms with Crippen molar-refractivity contribution < 1.29 is 24.0 Å². The van der Waals surface area contributed by atoms with Crippen molar-refractivity contribution in [2.75, 3.05) is 25.0 Å². The number of para-hydroxylation sites is 2. The van der Waals surface area contributed by atoms with Gasteiger partial charge in [-0.25, -0.2) is 0 Å². The number of hydrogen-bond donors (Lipinski definition) is 4. The molecule has 0 unspecified atom stereocenters. The zero-order valence-corrected chi connectivity index (χ0v) is 22.7. The highest BCUT2D eigenvalue weighted by Gasteiger charge is 2.20. The van der Waals surface area contributed by atoms with Crippen LogP contribution in [0, 0.1) is 10.1 Å². The smallest absolute Gasteiger partial charge is 0.308 e. The number of hydrogen-bond acceptors (Lipinski definition) is 8. The zero-order chi connectivity index (χ0) is 27.0. The number of carbonyl (C=O) groups is 3. The van der Waals surface area contributed by atoms with Crippen molar-refractivity contribution in [1.82, 2.24) is 20.9 Å². The van der Waals surface area contributed by atoms with Gasteiger partial charge in [-0.1, -0.05) is 18.2 Å². The molecule has 1 aromatic carbocycles. The van der Waals surface area contributed by atoms with Gasteiger partial charge in [0.1, 0.15) is 5.69 Å². The number of nitrogens with zero attached hydrogens (tertiary/aromatic N) is 2. The number of thiocarbonyl (C=S) groups is 1. The lowest BCUT2D eigenvalue weighted by Crippen LogP contribution is -2.39. The first-order chi connectivity index (χ1) is 17.8. The van der Waals surface area contributed by atoms with Crippen molar-refractivity contribution in [3.63, 3.8) is 0 Å². The molecule has 2 aromatic rings. The van der Waals surface area contributed by atoms with Gasteiger partial charge in [-0.05, 0) is 49.7 Å². The number of pyridine rings is 1. The average molecular weight is 565 g/mol. The van der Waals surface area contributed by atoms with Crippen molar-refractivity contribution >= 4 is 60.0 Å². The molecule has 1 aromatic heterocycles. The molecule has 14 heteroatoms. The lowest BCUT2D eigenvalue weighted by Gasteiger charge is -2.18. The Morgan fingerprint density at radius 1 is 1.11 bits per heavy atom. The monoisotopic (exact) mass is 564 g/mol. The average Bonchev–Trinajstić information content (AvgIpc) is 2.87. The summed E-state index contributed by atoms with van der Waals surface area (Å²) in [7, 11) is 0. The summed E-state index contributed by atoms with van der Waals surface area (Å²) < 4.78 is 4.97. The SMILES string of the molecule is CCOC(=O)C[C@H](NC(=O)CNC(=O)CCCCNC(=S)Nc1ccccc1[N+](=O)[O-])c1cccnc1.S. The van der Waals surface area contributed by atoms with E-state index in [-0.39, 0.29) is 61.9 Å². The number of nitrogens with one attached hydrogen (secondary N) is 4. The Morgan fingerprint density at radius 3 is 2.55 bits per heavy atom. The van der Waals surface area contributed by atoms with Gasteiger partial charge >= 0.3 is 5.97 Å². The number of unbranched alkanes of at least 4 members (excludes halogenated alkanes) is 1. The van der Waals surface area contributed by atoms with Crippen LogP contribution in [0.25, 0.3) is 0 Å². The van der Waals surface area contributed by atoms with Crippen molar-refractivity contribution in [2.45, 2.75) is 38.6 Å². The van der Waals surface area contributed by atoms with E-state index < -0.39 is 22.8 Å². The summed E-state index contributed by atoms with van der Waals surface area (Å²) in [4.78, 5) is 51.0. The van der Waals surface area contributed by atoms with Gasteiger partial charge in [-0.3, -0.25) is 29.5 Å². The third kappa shape index (κ3) is 12.0. The number of ether oxygens (including phenoxy) is 1. The summed E-state index contributed by atoms with van der Waals surface area (Å²) in [6.07, 6.45) is 4.44. The van der Waals surface area contributed by atoms with E-state index in [1.807, 2.05) is 0 Å². The molecule has 2 rings (SSSR count). The second-order valence-corrected chi connectivity index (χ2v) is 8.21. The van der Waals surface area contributed by atoms with Crippen LogP contribution in [0.2, 0.25) is 0 Å². The van der Waals surface area contributed by atoms with Crippen molar-refractivity contribution in [3.8, 4) is 0 Å². The molecule has 0 saturated heterocycles. The first-order valence-electron chi connectivity index (χ1n) is 11.7. The molecule has 0 aliphatic carbocycles. The summed E-state index contributed by atoms with van der Waals surface area (Å²) in [5.41, 5.74) is 0.854. The van der Waals surface area contributed by atoms with E-state index in [1.165, 1.54) is 6.07 Å². The van der Waals surface area contributed by atoms with Crippen LogP contribution < -0.4 is 21.3 Å². The predicted molar refractivity (Wildman–Crippen MR) is 151 cm³/mol. The molecule has 1 atom stereocenters. The van der Waals surface area contributed by atoms with Crippen LogP contribution in [0.5, 0.6) is 0 Å². The van der Waals surface area contributed by atoms with E-state index in [9.17, 15) is 24.5 Å². The summed E-state index contributed by atoms with van der Waals surface area (Å²) in [6.45, 7) is 2.16. The summed E-state index contributed by atoms with van der Waals surface area (Å²) in [5, 5.41) is 22.3. The van der Waals surface area contributed by atoms with Crippen LogP contribution >= 0.6 is 25.7 Å². The Hall–Kier alpha value is -3.78. The third-order valence-corrected chi connectivity index (χ3v) is 5.26. The molecule has 2 amide bonds. The molecule has 206 valence electrons. The quantitative estimate of drug-likeness (QED) is 0.0881. The van der Waals surface area contributed by atoms with Crippen LogP contribution in [0.4, 0.5) is 11.4 Å². The van der Waals surface area contributed by atoms with Gasteiger partial charge in [0.25, 0.3) is 5.69 Å². The van der Waals surface area contributed by atoms with E-state index in [2.05, 4.69) is 26.3 Å². The first-order valence-corrected chi connectivity index (χ1v) is 12.1. The Kier molecular flexibility index (Phi) is 15.0. The fourth-order valence-electron chi connectivity index (χ4n) is 3.25. The molecular formula is C24H32N6O6S2. The number of amides is 2. The van der Waals surface area contributed by atoms with E-state index in [1.54, 1.807) is 49.6 Å². The largest absolute Gasteiger partial charge is 0.466 e. The number of esters is 1. The Labute approximate surface area is 232 Å². The standard InChI is InChI=1S/C24H30N6O6S.H2S/c1-2-36-23(33)14-19(17-8-7-12-25-15-17)28-22(32)16-27-21(31)11-5-6-13-26-24(37)29-18-9-3-4-10-20(18)30(34)35;/h3-4,7-10,12,15,19H,2,5-6,11,13-14,16H2,1H3,(H,27,31)(H,28,32)(H2,26,29,37);1H2/t19-;/m0./s1. The Balaban J connectivity index is 0.00000722. The van der Waals surface area contributed by atoms with Crippen LogP contribution in [0.1, 0.15) is 44.2 Å². The Morgan fingerprint density at radius 2 is 1.87 bits per heavy atom. The minimum Gasteiger partial charge on any atom is -0.466 e. The van der Waals surface area contributed by atoms with Crippen LogP contribution in [0.15, 0.2) is 48.8 Å². The molecule has 1 heterocycles. The fraction of sp³-hybridized carbons (Fsp3) is 0.375. The number of nitro groups is 1. The molecule has 38 heavy (non-hydrogen) atoms. The van der Waals surface area contributed by atoms with Crippen LogP contribution in [0.3, 0.4) is 0 Å². The number of benzene rings is 1. The fourth-order valence-corrected chi connectivity index (χ4v) is 3.46.